The summed E-state index contributed by atoms with van der Waals surface area (Å²) in [5, 5.41) is 6.15. The molecule has 1 aliphatic rings. The monoisotopic (exact) mass is 338 g/mol. The maximum atomic E-state index is 6.10. The van der Waals surface area contributed by atoms with Gasteiger partial charge in [-0.05, 0) is 38.3 Å². The van der Waals surface area contributed by atoms with Crippen molar-refractivity contribution < 1.29 is 0 Å². The Labute approximate surface area is 143 Å². The van der Waals surface area contributed by atoms with Gasteiger partial charge < -0.3 is 11.1 Å². The highest BCUT2D eigenvalue weighted by molar-refractivity contribution is 7.09. The summed E-state index contributed by atoms with van der Waals surface area (Å²) in [6, 6.07) is 1.99. The summed E-state index contributed by atoms with van der Waals surface area (Å²) in [4.78, 5) is 18.0. The van der Waals surface area contributed by atoms with E-state index in [1.165, 1.54) is 4.53 Å². The number of thiazole rings is 1. The molecule has 0 fully saturated rings. The molecule has 0 saturated carbocycles. The van der Waals surface area contributed by atoms with Crippen molar-refractivity contribution in [1.82, 2.24) is 19.9 Å². The highest BCUT2D eigenvalue weighted by Gasteiger charge is 2.10. The number of nitrogens with zero attached hydrogens (tertiary/aromatic N) is 4. The van der Waals surface area contributed by atoms with Gasteiger partial charge in [0.2, 0.25) is 5.95 Å². The molecule has 0 amide bonds. The normalized spacial score (nSPS) is 13.2. The third-order valence-electron chi connectivity index (χ3n) is 3.98. The number of hydrogen-bond acceptors (Lipinski definition) is 7. The largest absolute Gasteiger partial charge is 0.383 e. The van der Waals surface area contributed by atoms with E-state index in [4.69, 9.17) is 5.73 Å². The summed E-state index contributed by atoms with van der Waals surface area (Å²) in [6.45, 7) is 4.52. The van der Waals surface area contributed by atoms with E-state index in [9.17, 15) is 0 Å². The summed E-state index contributed by atoms with van der Waals surface area (Å²) >= 11 is 1.70. The highest BCUT2D eigenvalue weighted by atomic mass is 32.1. The first-order chi connectivity index (χ1) is 11.6. The predicted octanol–water partition coefficient (Wildman–Crippen LogP) is 1.65. The van der Waals surface area contributed by atoms with Crippen LogP contribution in [0.4, 0.5) is 11.8 Å². The molecule has 1 aliphatic carbocycles. The van der Waals surface area contributed by atoms with Crippen LogP contribution in [0.5, 0.6) is 0 Å². The number of pyridine rings is 1. The zero-order chi connectivity index (χ0) is 16.7. The first-order valence-electron chi connectivity index (χ1n) is 7.91. The van der Waals surface area contributed by atoms with Crippen molar-refractivity contribution in [2.24, 2.45) is 0 Å². The van der Waals surface area contributed by atoms with E-state index in [2.05, 4.69) is 37.4 Å². The highest BCUT2D eigenvalue weighted by Crippen LogP contribution is 2.22. The molecular weight excluding hydrogens is 320 g/mol. The Morgan fingerprint density at radius 1 is 1.12 bits per heavy atom. The van der Waals surface area contributed by atoms with Crippen molar-refractivity contribution in [2.75, 3.05) is 11.1 Å². The molecule has 3 N–H and O–H groups in total. The van der Waals surface area contributed by atoms with Crippen LogP contribution >= 0.6 is 11.3 Å². The lowest BCUT2D eigenvalue weighted by Crippen LogP contribution is -2.22. The molecule has 3 heterocycles. The molecule has 0 aliphatic heterocycles. The number of aryl methyl sites for hydroxylation is 2. The number of nitrogens with two attached hydrogens (primary N) is 1. The van der Waals surface area contributed by atoms with Gasteiger partial charge >= 0.3 is 0 Å². The number of aromatic nitrogens is 4. The van der Waals surface area contributed by atoms with Crippen LogP contribution in [0.25, 0.3) is 23.2 Å². The van der Waals surface area contributed by atoms with Gasteiger partial charge in [0, 0.05) is 5.69 Å². The van der Waals surface area contributed by atoms with Crippen LogP contribution in [-0.2, 0) is 6.54 Å². The molecule has 6 nitrogen and oxygen atoms in total. The second-order valence-electron chi connectivity index (χ2n) is 5.91. The first kappa shape index (κ1) is 15.0. The van der Waals surface area contributed by atoms with E-state index < -0.39 is 0 Å². The molecule has 3 aromatic rings. The van der Waals surface area contributed by atoms with Crippen LogP contribution < -0.4 is 20.9 Å². The van der Waals surface area contributed by atoms with Gasteiger partial charge in [0.05, 0.1) is 21.8 Å². The van der Waals surface area contributed by atoms with E-state index >= 15 is 0 Å². The van der Waals surface area contributed by atoms with Crippen LogP contribution in [0, 0.1) is 13.8 Å². The average molecular weight is 338 g/mol. The van der Waals surface area contributed by atoms with Crippen LogP contribution in [0.2, 0.25) is 0 Å². The third-order valence-corrected chi connectivity index (χ3v) is 5.04. The quantitative estimate of drug-likeness (QED) is 0.755. The fraction of sp³-hybridized carbons (Fsp3) is 0.294. The SMILES string of the molecule is Cc1cc(C)c2c(N)nc(NCc3nc4c(s3)=CCCC=4)nc2n1. The van der Waals surface area contributed by atoms with Gasteiger partial charge in [-0.2, -0.15) is 9.97 Å². The minimum Gasteiger partial charge on any atom is -0.383 e. The smallest absolute Gasteiger partial charge is 0.227 e. The Bertz CT molecular complexity index is 1020. The molecule has 0 atom stereocenters. The molecule has 3 aromatic heterocycles. The Hall–Kier alpha value is -2.54. The van der Waals surface area contributed by atoms with Crippen molar-refractivity contribution in [3.63, 3.8) is 0 Å². The van der Waals surface area contributed by atoms with Gasteiger partial charge in [-0.3, -0.25) is 0 Å². The number of anilines is 2. The molecule has 24 heavy (non-hydrogen) atoms. The Kier molecular flexibility index (Phi) is 3.65. The minimum atomic E-state index is 0.451. The molecule has 4 rings (SSSR count). The zero-order valence-corrected chi connectivity index (χ0v) is 14.4. The summed E-state index contributed by atoms with van der Waals surface area (Å²) in [5.74, 6) is 0.936. The third kappa shape index (κ3) is 2.71. The van der Waals surface area contributed by atoms with Crippen LogP contribution in [0.1, 0.15) is 29.1 Å². The van der Waals surface area contributed by atoms with Gasteiger partial charge in [-0.25, -0.2) is 9.97 Å². The molecule has 0 radical (unpaired) electrons. The number of hydrogen-bond donors (Lipinski definition) is 2. The van der Waals surface area contributed by atoms with Crippen molar-refractivity contribution in [1.29, 1.82) is 0 Å². The van der Waals surface area contributed by atoms with E-state index in [1.807, 2.05) is 19.9 Å². The van der Waals surface area contributed by atoms with E-state index in [0.29, 0.717) is 24.0 Å². The second-order valence-corrected chi connectivity index (χ2v) is 7.02. The molecule has 0 spiro atoms. The second kappa shape index (κ2) is 5.83. The molecule has 122 valence electrons. The molecule has 0 saturated heterocycles. The van der Waals surface area contributed by atoms with Crippen molar-refractivity contribution >= 4 is 46.3 Å². The average Bonchev–Trinajstić information content (AvgIpc) is 2.94. The van der Waals surface area contributed by atoms with Crippen molar-refractivity contribution in [3.05, 3.63) is 32.2 Å². The Morgan fingerprint density at radius 2 is 1.96 bits per heavy atom. The number of nitrogen functional groups attached to an aromatic ring is 1. The maximum absolute atomic E-state index is 6.10. The van der Waals surface area contributed by atoms with E-state index in [-0.39, 0.29) is 0 Å². The fourth-order valence-corrected chi connectivity index (χ4v) is 3.91. The zero-order valence-electron chi connectivity index (χ0n) is 13.6. The van der Waals surface area contributed by atoms with E-state index in [0.717, 1.165) is 39.8 Å². The molecule has 7 heteroatoms. The molecule has 0 aromatic carbocycles. The van der Waals surface area contributed by atoms with Crippen molar-refractivity contribution in [3.8, 4) is 0 Å². The molecule has 0 bridgehead atoms. The topological polar surface area (TPSA) is 89.6 Å². The summed E-state index contributed by atoms with van der Waals surface area (Å²) < 4.78 is 1.25. The number of rotatable bonds is 3. The van der Waals surface area contributed by atoms with Gasteiger partial charge in [0.25, 0.3) is 0 Å². The number of nitrogens with one attached hydrogen (secondary N) is 1. The summed E-state index contributed by atoms with van der Waals surface area (Å²) in [6.07, 6.45) is 6.60. The summed E-state index contributed by atoms with van der Waals surface area (Å²) in [7, 11) is 0. The summed E-state index contributed by atoms with van der Waals surface area (Å²) in [5.41, 5.74) is 8.69. The van der Waals surface area contributed by atoms with Gasteiger partial charge in [0.15, 0.2) is 5.65 Å². The maximum Gasteiger partial charge on any atom is 0.227 e. The predicted molar refractivity (Wildman–Crippen MR) is 98.1 cm³/mol. The van der Waals surface area contributed by atoms with Crippen LogP contribution in [0.3, 0.4) is 0 Å². The van der Waals surface area contributed by atoms with Crippen molar-refractivity contribution in [2.45, 2.75) is 33.2 Å². The molecule has 0 unspecified atom stereocenters. The standard InChI is InChI=1S/C17H18N6S/c1-9-7-10(2)20-16-14(9)15(18)22-17(23-16)19-8-13-21-11-5-3-4-6-12(11)24-13/h5-7H,3-4,8H2,1-2H3,(H3,18,19,20,22,23). The first-order valence-corrected chi connectivity index (χ1v) is 8.73. The lowest BCUT2D eigenvalue weighted by Gasteiger charge is -2.08. The molecular formula is C17H18N6S. The fourth-order valence-electron chi connectivity index (χ4n) is 2.94. The van der Waals surface area contributed by atoms with Crippen LogP contribution in [-0.4, -0.2) is 19.9 Å². The van der Waals surface area contributed by atoms with Gasteiger partial charge in [-0.1, -0.05) is 12.2 Å². The van der Waals surface area contributed by atoms with Crippen LogP contribution in [0.15, 0.2) is 6.07 Å². The van der Waals surface area contributed by atoms with Gasteiger partial charge in [0.1, 0.15) is 10.8 Å². The minimum absolute atomic E-state index is 0.451. The van der Waals surface area contributed by atoms with Gasteiger partial charge in [-0.15, -0.1) is 11.3 Å². The van der Waals surface area contributed by atoms with E-state index in [1.54, 1.807) is 11.3 Å². The number of fused-ring (bicyclic) bond motifs is 2. The Morgan fingerprint density at radius 3 is 2.79 bits per heavy atom. The Balaban J connectivity index is 1.64. The lowest BCUT2D eigenvalue weighted by atomic mass is 10.1. The lowest BCUT2D eigenvalue weighted by molar-refractivity contribution is 1.02.